The molecular formula is C26H26FN3O4. The van der Waals surface area contributed by atoms with Gasteiger partial charge in [-0.15, -0.1) is 0 Å². The van der Waals surface area contributed by atoms with Crippen molar-refractivity contribution in [2.75, 3.05) is 37.5 Å². The highest BCUT2D eigenvalue weighted by Crippen LogP contribution is 2.30. The lowest BCUT2D eigenvalue weighted by Crippen LogP contribution is -2.49. The monoisotopic (exact) mass is 463 g/mol. The Morgan fingerprint density at radius 2 is 1.74 bits per heavy atom. The van der Waals surface area contributed by atoms with E-state index < -0.39 is 0 Å². The predicted molar refractivity (Wildman–Crippen MR) is 128 cm³/mol. The lowest BCUT2D eigenvalue weighted by Gasteiger charge is -2.35. The Labute approximate surface area is 197 Å². The van der Waals surface area contributed by atoms with Crippen molar-refractivity contribution in [3.63, 3.8) is 0 Å². The molecule has 1 aliphatic rings. The molecule has 1 heterocycles. The first-order chi connectivity index (χ1) is 16.5. The zero-order chi connectivity index (χ0) is 24.1. The molecule has 34 heavy (non-hydrogen) atoms. The van der Waals surface area contributed by atoms with E-state index >= 15 is 0 Å². The number of hydrogen-bond donors (Lipinski definition) is 1. The largest absolute Gasteiger partial charge is 0.493 e. The zero-order valence-electron chi connectivity index (χ0n) is 19.1. The SMILES string of the molecule is COc1ccc(NC(=O)c2cccc(N3CCCN(Cc4ccc(F)cc4)C3=O)c2)cc1OC. The molecule has 4 rings (SSSR count). The minimum atomic E-state index is -0.307. The highest BCUT2D eigenvalue weighted by molar-refractivity contribution is 6.05. The van der Waals surface area contributed by atoms with Crippen LogP contribution >= 0.6 is 0 Å². The van der Waals surface area contributed by atoms with Crippen molar-refractivity contribution < 1.29 is 23.5 Å². The molecule has 1 N–H and O–H groups in total. The third-order valence-electron chi connectivity index (χ3n) is 5.66. The van der Waals surface area contributed by atoms with Gasteiger partial charge in [0.25, 0.3) is 5.91 Å². The molecule has 1 saturated heterocycles. The molecule has 0 aliphatic carbocycles. The first kappa shape index (κ1) is 23.1. The van der Waals surface area contributed by atoms with Crippen LogP contribution in [0.5, 0.6) is 11.5 Å². The molecule has 0 radical (unpaired) electrons. The summed E-state index contributed by atoms with van der Waals surface area (Å²) in [6.45, 7) is 1.57. The molecule has 0 saturated carbocycles. The summed E-state index contributed by atoms with van der Waals surface area (Å²) in [4.78, 5) is 29.4. The topological polar surface area (TPSA) is 71.1 Å². The molecule has 3 amide bonds. The second kappa shape index (κ2) is 10.2. The fraction of sp³-hybridized carbons (Fsp3) is 0.231. The van der Waals surface area contributed by atoms with Crippen molar-refractivity contribution in [3.05, 3.63) is 83.7 Å². The van der Waals surface area contributed by atoms with E-state index in [2.05, 4.69) is 5.32 Å². The predicted octanol–water partition coefficient (Wildman–Crippen LogP) is 4.93. The maximum absolute atomic E-state index is 13.2. The first-order valence-electron chi connectivity index (χ1n) is 10.9. The van der Waals surface area contributed by atoms with Gasteiger partial charge in [0.15, 0.2) is 11.5 Å². The van der Waals surface area contributed by atoms with Gasteiger partial charge in [0, 0.05) is 42.6 Å². The fourth-order valence-corrected chi connectivity index (χ4v) is 3.91. The number of hydrogen-bond acceptors (Lipinski definition) is 4. The summed E-state index contributed by atoms with van der Waals surface area (Å²) in [5, 5.41) is 2.85. The standard InChI is InChI=1S/C26H26FN3O4/c1-33-23-12-11-21(16-24(23)34-2)28-25(31)19-5-3-6-22(15-19)30-14-4-13-29(26(30)32)17-18-7-9-20(27)10-8-18/h3,5-12,15-16H,4,13-14,17H2,1-2H3,(H,28,31). The number of carbonyl (C=O) groups is 2. The molecule has 0 unspecified atom stereocenters. The van der Waals surface area contributed by atoms with Gasteiger partial charge < -0.3 is 19.7 Å². The van der Waals surface area contributed by atoms with Crippen LogP contribution in [0.25, 0.3) is 0 Å². The van der Waals surface area contributed by atoms with Gasteiger partial charge in [0.05, 0.1) is 14.2 Å². The van der Waals surface area contributed by atoms with Crippen molar-refractivity contribution in [1.29, 1.82) is 0 Å². The van der Waals surface area contributed by atoms with Gasteiger partial charge in [-0.2, -0.15) is 0 Å². The number of nitrogens with one attached hydrogen (secondary N) is 1. The Morgan fingerprint density at radius 3 is 2.47 bits per heavy atom. The third kappa shape index (κ3) is 5.11. The summed E-state index contributed by atoms with van der Waals surface area (Å²) in [7, 11) is 3.08. The molecule has 0 spiro atoms. The Hall–Kier alpha value is -4.07. The van der Waals surface area contributed by atoms with E-state index in [0.29, 0.717) is 48.1 Å². The molecule has 0 atom stereocenters. The van der Waals surface area contributed by atoms with Gasteiger partial charge in [0.1, 0.15) is 5.82 Å². The molecule has 0 bridgehead atoms. The molecule has 1 fully saturated rings. The number of halogens is 1. The highest BCUT2D eigenvalue weighted by Gasteiger charge is 2.27. The van der Waals surface area contributed by atoms with Crippen molar-refractivity contribution in [3.8, 4) is 11.5 Å². The molecule has 1 aliphatic heterocycles. The summed E-state index contributed by atoms with van der Waals surface area (Å²) in [6, 6.07) is 18.1. The molecule has 7 nitrogen and oxygen atoms in total. The number of ether oxygens (including phenoxy) is 2. The van der Waals surface area contributed by atoms with Crippen LogP contribution in [-0.4, -0.2) is 44.1 Å². The quantitative estimate of drug-likeness (QED) is 0.540. The van der Waals surface area contributed by atoms with E-state index in [9.17, 15) is 14.0 Å². The molecule has 176 valence electrons. The van der Waals surface area contributed by atoms with Crippen LogP contribution < -0.4 is 19.7 Å². The Morgan fingerprint density at radius 1 is 0.971 bits per heavy atom. The molecule has 3 aromatic rings. The minimum absolute atomic E-state index is 0.145. The number of rotatable bonds is 7. The van der Waals surface area contributed by atoms with Crippen LogP contribution in [0.3, 0.4) is 0 Å². The van der Waals surface area contributed by atoms with E-state index in [1.165, 1.54) is 19.2 Å². The van der Waals surface area contributed by atoms with E-state index in [0.717, 1.165) is 12.0 Å². The van der Waals surface area contributed by atoms with E-state index in [1.54, 1.807) is 65.4 Å². The molecule has 0 aromatic heterocycles. The number of benzene rings is 3. The average molecular weight is 464 g/mol. The Kier molecular flexibility index (Phi) is 6.96. The molecule has 8 heteroatoms. The maximum Gasteiger partial charge on any atom is 0.324 e. The van der Waals surface area contributed by atoms with Crippen LogP contribution in [0.1, 0.15) is 22.3 Å². The smallest absolute Gasteiger partial charge is 0.324 e. The van der Waals surface area contributed by atoms with Gasteiger partial charge in [-0.1, -0.05) is 18.2 Å². The van der Waals surface area contributed by atoms with Crippen LogP contribution in [0.4, 0.5) is 20.6 Å². The van der Waals surface area contributed by atoms with Gasteiger partial charge in [0.2, 0.25) is 0 Å². The van der Waals surface area contributed by atoms with Gasteiger partial charge in [-0.3, -0.25) is 9.69 Å². The van der Waals surface area contributed by atoms with Gasteiger partial charge in [-0.25, -0.2) is 9.18 Å². The number of nitrogens with zero attached hydrogens (tertiary/aromatic N) is 2. The second-order valence-corrected chi connectivity index (χ2v) is 7.91. The van der Waals surface area contributed by atoms with Crippen LogP contribution in [0, 0.1) is 5.82 Å². The third-order valence-corrected chi connectivity index (χ3v) is 5.66. The lowest BCUT2D eigenvalue weighted by molar-refractivity contribution is 0.102. The number of carbonyl (C=O) groups excluding carboxylic acids is 2. The minimum Gasteiger partial charge on any atom is -0.493 e. The van der Waals surface area contributed by atoms with Crippen LogP contribution in [0.2, 0.25) is 0 Å². The summed E-state index contributed by atoms with van der Waals surface area (Å²) in [6.07, 6.45) is 0.787. The maximum atomic E-state index is 13.2. The van der Waals surface area contributed by atoms with Gasteiger partial charge in [-0.05, 0) is 54.4 Å². The Bertz CT molecular complexity index is 1180. The van der Waals surface area contributed by atoms with Crippen molar-refractivity contribution in [1.82, 2.24) is 4.90 Å². The van der Waals surface area contributed by atoms with E-state index in [1.807, 2.05) is 6.07 Å². The zero-order valence-corrected chi connectivity index (χ0v) is 19.1. The second-order valence-electron chi connectivity index (χ2n) is 7.91. The van der Waals surface area contributed by atoms with Crippen molar-refractivity contribution >= 4 is 23.3 Å². The lowest BCUT2D eigenvalue weighted by atomic mass is 10.1. The molecular weight excluding hydrogens is 437 g/mol. The van der Waals surface area contributed by atoms with Crippen LogP contribution in [0.15, 0.2) is 66.7 Å². The van der Waals surface area contributed by atoms with E-state index in [-0.39, 0.29) is 17.8 Å². The number of anilines is 2. The normalized spacial score (nSPS) is 13.6. The highest BCUT2D eigenvalue weighted by atomic mass is 19.1. The number of urea groups is 1. The average Bonchev–Trinajstić information content (AvgIpc) is 2.86. The summed E-state index contributed by atoms with van der Waals surface area (Å²) >= 11 is 0. The summed E-state index contributed by atoms with van der Waals surface area (Å²) in [5.41, 5.74) is 2.50. The summed E-state index contributed by atoms with van der Waals surface area (Å²) < 4.78 is 23.7. The van der Waals surface area contributed by atoms with Gasteiger partial charge >= 0.3 is 6.03 Å². The van der Waals surface area contributed by atoms with Crippen molar-refractivity contribution in [2.24, 2.45) is 0 Å². The number of amides is 3. The van der Waals surface area contributed by atoms with Crippen molar-refractivity contribution in [2.45, 2.75) is 13.0 Å². The van der Waals surface area contributed by atoms with Crippen LogP contribution in [-0.2, 0) is 6.54 Å². The first-order valence-corrected chi connectivity index (χ1v) is 10.9. The summed E-state index contributed by atoms with van der Waals surface area (Å²) in [5.74, 6) is 0.464. The Balaban J connectivity index is 1.48. The molecule has 3 aromatic carbocycles. The fourth-order valence-electron chi connectivity index (χ4n) is 3.91. The number of methoxy groups -OCH3 is 2. The van der Waals surface area contributed by atoms with E-state index in [4.69, 9.17) is 9.47 Å².